The van der Waals surface area contributed by atoms with Crippen molar-refractivity contribution in [1.82, 2.24) is 0 Å². The molecule has 1 aromatic rings. The largest absolute Gasteiger partial charge is 0.467 e. The number of carbonyl (C=O) groups excluding carboxylic acids is 2. The molecule has 31 heavy (non-hydrogen) atoms. The van der Waals surface area contributed by atoms with Gasteiger partial charge in [-0.15, -0.1) is 0 Å². The average Bonchev–Trinajstić information content (AvgIpc) is 3.03. The van der Waals surface area contributed by atoms with Crippen LogP contribution in [0.5, 0.6) is 5.75 Å². The van der Waals surface area contributed by atoms with Crippen molar-refractivity contribution in [3.05, 3.63) is 47.6 Å². The first-order chi connectivity index (χ1) is 14.7. The number of hydrogen-bond donors (Lipinski definition) is 0. The summed E-state index contributed by atoms with van der Waals surface area (Å²) >= 11 is 0. The van der Waals surface area contributed by atoms with Crippen molar-refractivity contribution in [3.8, 4) is 5.75 Å². The highest BCUT2D eigenvalue weighted by Crippen LogP contribution is 2.32. The zero-order valence-corrected chi connectivity index (χ0v) is 18.6. The molecule has 2 aliphatic heterocycles. The highest BCUT2D eigenvalue weighted by Gasteiger charge is 2.43. The molecule has 0 radical (unpaired) electrons. The average molecular weight is 430 g/mol. The normalized spacial score (nSPS) is 29.5. The predicted octanol–water partition coefficient (Wildman–Crippen LogP) is 3.91. The van der Waals surface area contributed by atoms with Gasteiger partial charge >= 0.3 is 5.97 Å². The molecule has 0 aliphatic carbocycles. The van der Waals surface area contributed by atoms with Crippen LogP contribution in [0.1, 0.15) is 50.0 Å². The second-order valence-electron chi connectivity index (χ2n) is 8.23. The molecule has 4 atom stereocenters. The number of benzene rings is 1. The molecule has 7 heteroatoms. The van der Waals surface area contributed by atoms with E-state index in [9.17, 15) is 9.59 Å². The van der Waals surface area contributed by atoms with E-state index in [-0.39, 0.29) is 18.5 Å². The van der Waals surface area contributed by atoms with Crippen molar-refractivity contribution >= 4 is 17.8 Å². The molecule has 7 nitrogen and oxygen atoms in total. The van der Waals surface area contributed by atoms with Crippen molar-refractivity contribution in [2.45, 2.75) is 58.2 Å². The number of fused-ring (bicyclic) bond motifs is 2. The minimum Gasteiger partial charge on any atom is -0.467 e. The molecule has 168 valence electrons. The van der Waals surface area contributed by atoms with Crippen LogP contribution in [0.4, 0.5) is 0 Å². The Labute approximate surface area is 183 Å². The topological polar surface area (TPSA) is 80.3 Å². The van der Waals surface area contributed by atoms with Crippen LogP contribution in [-0.2, 0) is 23.7 Å². The number of hydrogen-bond acceptors (Lipinski definition) is 7. The van der Waals surface area contributed by atoms with E-state index < -0.39 is 30.1 Å². The van der Waals surface area contributed by atoms with E-state index in [1.54, 1.807) is 39.0 Å². The summed E-state index contributed by atoms with van der Waals surface area (Å²) in [6, 6.07) is 5.31. The lowest BCUT2D eigenvalue weighted by molar-refractivity contribution is -0.152. The SMILES string of the molecule is COCOc1cccc2c1C(=O)O[C@@H](C)[C@H](C)/C=C\C(=O)[C@H]1OC(C)(C)O[C@H]1CC=C2. The molecule has 1 saturated heterocycles. The van der Waals surface area contributed by atoms with Crippen molar-refractivity contribution in [2.75, 3.05) is 13.9 Å². The Bertz CT molecular complexity index is 871. The van der Waals surface area contributed by atoms with Crippen LogP contribution in [0.3, 0.4) is 0 Å². The van der Waals surface area contributed by atoms with Gasteiger partial charge in [0.15, 0.2) is 18.4 Å². The molecule has 0 saturated carbocycles. The van der Waals surface area contributed by atoms with E-state index in [4.69, 9.17) is 23.7 Å². The number of ketones is 1. The molecule has 1 aromatic carbocycles. The van der Waals surface area contributed by atoms with Crippen molar-refractivity contribution in [1.29, 1.82) is 0 Å². The minimum absolute atomic E-state index is 0.00820. The van der Waals surface area contributed by atoms with Crippen LogP contribution in [0.15, 0.2) is 36.4 Å². The van der Waals surface area contributed by atoms with E-state index in [2.05, 4.69) is 0 Å². The van der Waals surface area contributed by atoms with Crippen molar-refractivity contribution in [3.63, 3.8) is 0 Å². The molecule has 3 rings (SSSR count). The Hall–Kier alpha value is -2.48. The van der Waals surface area contributed by atoms with Gasteiger partial charge in [-0.05, 0) is 44.9 Å². The third kappa shape index (κ3) is 5.61. The lowest BCUT2D eigenvalue weighted by atomic mass is 10.00. The van der Waals surface area contributed by atoms with Gasteiger partial charge in [0.1, 0.15) is 23.5 Å². The van der Waals surface area contributed by atoms with Gasteiger partial charge in [-0.2, -0.15) is 0 Å². The fraction of sp³-hybridized carbons (Fsp3) is 0.500. The van der Waals surface area contributed by atoms with Crippen LogP contribution in [0, 0.1) is 5.92 Å². The lowest BCUT2D eigenvalue weighted by Gasteiger charge is -2.20. The van der Waals surface area contributed by atoms with Gasteiger partial charge in [0.2, 0.25) is 0 Å². The fourth-order valence-corrected chi connectivity index (χ4v) is 3.56. The van der Waals surface area contributed by atoms with Gasteiger partial charge in [0.25, 0.3) is 0 Å². The summed E-state index contributed by atoms with van der Waals surface area (Å²) in [5.41, 5.74) is 0.972. The number of carbonyl (C=O) groups is 2. The van der Waals surface area contributed by atoms with Gasteiger partial charge in [-0.3, -0.25) is 4.79 Å². The lowest BCUT2D eigenvalue weighted by Crippen LogP contribution is -2.30. The smallest absolute Gasteiger partial charge is 0.342 e. The quantitative estimate of drug-likeness (QED) is 0.531. The number of methoxy groups -OCH3 is 1. The first-order valence-corrected chi connectivity index (χ1v) is 10.4. The molecule has 1 fully saturated rings. The molecule has 0 bridgehead atoms. The van der Waals surface area contributed by atoms with E-state index in [1.165, 1.54) is 13.2 Å². The van der Waals surface area contributed by atoms with Crippen molar-refractivity contribution < 1.29 is 33.3 Å². The van der Waals surface area contributed by atoms with Gasteiger partial charge in [0.05, 0.1) is 6.10 Å². The maximum atomic E-state index is 13.0. The van der Waals surface area contributed by atoms with E-state index >= 15 is 0 Å². The van der Waals surface area contributed by atoms with Crippen LogP contribution < -0.4 is 4.74 Å². The Morgan fingerprint density at radius 2 is 1.90 bits per heavy atom. The van der Waals surface area contributed by atoms with Crippen LogP contribution in [0.2, 0.25) is 0 Å². The van der Waals surface area contributed by atoms with Gasteiger partial charge in [0, 0.05) is 13.0 Å². The summed E-state index contributed by atoms with van der Waals surface area (Å²) in [7, 11) is 1.51. The summed E-state index contributed by atoms with van der Waals surface area (Å²) in [6.45, 7) is 7.27. The Morgan fingerprint density at radius 1 is 1.13 bits per heavy atom. The number of ether oxygens (including phenoxy) is 5. The predicted molar refractivity (Wildman–Crippen MR) is 115 cm³/mol. The number of rotatable bonds is 3. The van der Waals surface area contributed by atoms with Gasteiger partial charge in [-0.25, -0.2) is 4.79 Å². The third-order valence-corrected chi connectivity index (χ3v) is 5.32. The highest BCUT2D eigenvalue weighted by atomic mass is 16.8. The number of esters is 1. The second-order valence-corrected chi connectivity index (χ2v) is 8.23. The molecule has 0 spiro atoms. The van der Waals surface area contributed by atoms with Gasteiger partial charge < -0.3 is 23.7 Å². The summed E-state index contributed by atoms with van der Waals surface area (Å²) in [4.78, 5) is 25.8. The molecule has 0 aromatic heterocycles. The van der Waals surface area contributed by atoms with E-state index in [0.29, 0.717) is 23.3 Å². The summed E-state index contributed by atoms with van der Waals surface area (Å²) < 4.78 is 28.1. The second kappa shape index (κ2) is 9.77. The standard InChI is InChI=1S/C24H30O7/c1-15-12-13-18(25)22-20(30-24(3,4)31-22)11-7-9-17-8-6-10-19(28-14-27-5)21(17)23(26)29-16(15)2/h6-10,12-13,15-16,20,22H,11,14H2,1-5H3/b9-7?,13-12-/t15-,16+,20+,22-/m1/s1. The van der Waals surface area contributed by atoms with Crippen molar-refractivity contribution in [2.24, 2.45) is 5.92 Å². The Kier molecular flexibility index (Phi) is 7.30. The first-order valence-electron chi connectivity index (χ1n) is 10.4. The maximum Gasteiger partial charge on any atom is 0.342 e. The monoisotopic (exact) mass is 430 g/mol. The summed E-state index contributed by atoms with van der Waals surface area (Å²) in [5.74, 6) is -1.32. The molecule has 2 aliphatic rings. The molecule has 0 amide bonds. The summed E-state index contributed by atoms with van der Waals surface area (Å²) in [6.07, 6.45) is 5.76. The summed E-state index contributed by atoms with van der Waals surface area (Å²) in [5, 5.41) is 0. The van der Waals surface area contributed by atoms with Gasteiger partial charge in [-0.1, -0.05) is 37.3 Å². The van der Waals surface area contributed by atoms with Crippen LogP contribution in [0.25, 0.3) is 6.08 Å². The molecule has 0 unspecified atom stereocenters. The molecule has 0 N–H and O–H groups in total. The Balaban J connectivity index is 2.00. The van der Waals surface area contributed by atoms with E-state index in [1.807, 2.05) is 25.1 Å². The first kappa shape index (κ1) is 23.2. The molecular weight excluding hydrogens is 400 g/mol. The zero-order valence-electron chi connectivity index (χ0n) is 18.6. The molecule has 2 heterocycles. The number of cyclic esters (lactones) is 1. The zero-order chi connectivity index (χ0) is 22.6. The van der Waals surface area contributed by atoms with E-state index in [0.717, 1.165) is 0 Å². The maximum absolute atomic E-state index is 13.0. The van der Waals surface area contributed by atoms with Crippen LogP contribution in [-0.4, -0.2) is 49.8 Å². The van der Waals surface area contributed by atoms with Crippen LogP contribution >= 0.6 is 0 Å². The molecular formula is C24H30O7. The third-order valence-electron chi connectivity index (χ3n) is 5.32. The Morgan fingerprint density at radius 3 is 2.65 bits per heavy atom. The highest BCUT2D eigenvalue weighted by molar-refractivity contribution is 5.97. The fourth-order valence-electron chi connectivity index (χ4n) is 3.56. The minimum atomic E-state index is -0.850.